The molecule has 0 spiro atoms. The lowest BCUT2D eigenvalue weighted by Gasteiger charge is -2.17. The molecule has 2 N–H and O–H groups in total. The Kier molecular flexibility index (Phi) is 8.94. The predicted molar refractivity (Wildman–Crippen MR) is 71.3 cm³/mol. The number of thioether (sulfide) groups is 1. The van der Waals surface area contributed by atoms with Crippen molar-refractivity contribution in [2.24, 2.45) is 5.92 Å². The summed E-state index contributed by atoms with van der Waals surface area (Å²) in [7, 11) is 0. The van der Waals surface area contributed by atoms with Gasteiger partial charge in [0.1, 0.15) is 6.04 Å². The summed E-state index contributed by atoms with van der Waals surface area (Å²) in [4.78, 5) is 22.4. The van der Waals surface area contributed by atoms with E-state index in [4.69, 9.17) is 5.11 Å². The van der Waals surface area contributed by atoms with Crippen molar-refractivity contribution in [3.05, 3.63) is 0 Å². The zero-order valence-corrected chi connectivity index (χ0v) is 11.7. The van der Waals surface area contributed by atoms with E-state index in [2.05, 4.69) is 12.2 Å². The van der Waals surface area contributed by atoms with Gasteiger partial charge in [0.05, 0.1) is 0 Å². The minimum absolute atomic E-state index is 0.0933. The molecule has 0 aromatic rings. The van der Waals surface area contributed by atoms with Gasteiger partial charge in [-0.25, -0.2) is 4.79 Å². The van der Waals surface area contributed by atoms with Crippen LogP contribution in [0.15, 0.2) is 0 Å². The van der Waals surface area contributed by atoms with Crippen LogP contribution in [0.4, 0.5) is 0 Å². The molecule has 0 bridgehead atoms. The average Bonchev–Trinajstić information content (AvgIpc) is 2.24. The number of amides is 1. The van der Waals surface area contributed by atoms with Crippen molar-refractivity contribution in [3.63, 3.8) is 0 Å². The van der Waals surface area contributed by atoms with Gasteiger partial charge in [-0.1, -0.05) is 27.2 Å². The van der Waals surface area contributed by atoms with Crippen molar-refractivity contribution in [2.75, 3.05) is 11.5 Å². The van der Waals surface area contributed by atoms with E-state index >= 15 is 0 Å². The first kappa shape index (κ1) is 16.3. The molecular weight excluding hydrogens is 238 g/mol. The second-order valence-electron chi connectivity index (χ2n) is 4.34. The fourth-order valence-electron chi connectivity index (χ4n) is 1.27. The molecule has 0 aliphatic carbocycles. The smallest absolute Gasteiger partial charge is 0.326 e. The monoisotopic (exact) mass is 261 g/mol. The Balaban J connectivity index is 3.80. The number of unbranched alkanes of at least 4 members (excludes halogenated alkanes) is 1. The van der Waals surface area contributed by atoms with Gasteiger partial charge >= 0.3 is 5.97 Å². The number of rotatable bonds is 9. The molecule has 100 valence electrons. The third-order valence-electron chi connectivity index (χ3n) is 2.36. The van der Waals surface area contributed by atoms with Crippen LogP contribution in [0.1, 0.15) is 40.0 Å². The lowest BCUT2D eigenvalue weighted by Crippen LogP contribution is -2.44. The molecule has 0 rings (SSSR count). The van der Waals surface area contributed by atoms with Crippen LogP contribution in [0.3, 0.4) is 0 Å². The van der Waals surface area contributed by atoms with E-state index in [9.17, 15) is 9.59 Å². The van der Waals surface area contributed by atoms with Crippen molar-refractivity contribution >= 4 is 23.6 Å². The molecule has 0 saturated carbocycles. The van der Waals surface area contributed by atoms with E-state index in [-0.39, 0.29) is 11.8 Å². The molecule has 0 fully saturated rings. The van der Waals surface area contributed by atoms with E-state index in [0.29, 0.717) is 6.42 Å². The molecule has 5 heteroatoms. The first-order valence-electron chi connectivity index (χ1n) is 6.09. The van der Waals surface area contributed by atoms with Crippen molar-refractivity contribution in [3.8, 4) is 0 Å². The minimum atomic E-state index is -0.966. The Bertz CT molecular complexity index is 244. The third-order valence-corrected chi connectivity index (χ3v) is 3.44. The Labute approximate surface area is 108 Å². The van der Waals surface area contributed by atoms with Crippen molar-refractivity contribution < 1.29 is 14.7 Å². The number of carboxylic acid groups (broad SMARTS) is 1. The Morgan fingerprint density at radius 2 is 1.94 bits per heavy atom. The van der Waals surface area contributed by atoms with E-state index in [1.54, 1.807) is 25.6 Å². The fourth-order valence-corrected chi connectivity index (χ4v) is 2.30. The highest BCUT2D eigenvalue weighted by molar-refractivity contribution is 7.99. The van der Waals surface area contributed by atoms with E-state index < -0.39 is 12.0 Å². The number of hydrogen-bond acceptors (Lipinski definition) is 3. The van der Waals surface area contributed by atoms with Gasteiger partial charge in [0.2, 0.25) is 5.91 Å². The molecule has 0 unspecified atom stereocenters. The predicted octanol–water partition coefficient (Wildman–Crippen LogP) is 2.14. The molecule has 4 nitrogen and oxygen atoms in total. The number of carbonyl (C=O) groups excluding carboxylic acids is 1. The second-order valence-corrected chi connectivity index (χ2v) is 5.57. The molecule has 0 heterocycles. The van der Waals surface area contributed by atoms with Gasteiger partial charge in [0.15, 0.2) is 0 Å². The lowest BCUT2D eigenvalue weighted by atomic mass is 10.0. The molecule has 1 atom stereocenters. The van der Waals surface area contributed by atoms with Crippen LogP contribution in [-0.2, 0) is 9.59 Å². The summed E-state index contributed by atoms with van der Waals surface area (Å²) >= 11 is 1.74. The zero-order valence-electron chi connectivity index (χ0n) is 10.9. The topological polar surface area (TPSA) is 66.4 Å². The number of aliphatic carboxylic acids is 1. The second kappa shape index (κ2) is 9.33. The Hall–Kier alpha value is -0.710. The number of nitrogens with one attached hydrogen (secondary N) is 1. The SMILES string of the molecule is CCCCSCCC(=O)N[C@@H](C(=O)O)C(C)C. The van der Waals surface area contributed by atoms with Crippen LogP contribution >= 0.6 is 11.8 Å². The van der Waals surface area contributed by atoms with E-state index in [0.717, 1.165) is 24.3 Å². The maximum Gasteiger partial charge on any atom is 0.326 e. The van der Waals surface area contributed by atoms with Crippen molar-refractivity contribution in [1.82, 2.24) is 5.32 Å². The van der Waals surface area contributed by atoms with Crippen LogP contribution < -0.4 is 5.32 Å². The van der Waals surface area contributed by atoms with E-state index in [1.165, 1.54) is 0 Å². The highest BCUT2D eigenvalue weighted by atomic mass is 32.2. The van der Waals surface area contributed by atoms with Crippen LogP contribution in [0.5, 0.6) is 0 Å². The largest absolute Gasteiger partial charge is 0.480 e. The highest BCUT2D eigenvalue weighted by Crippen LogP contribution is 2.07. The summed E-state index contributed by atoms with van der Waals surface area (Å²) in [6.07, 6.45) is 2.72. The Morgan fingerprint density at radius 1 is 1.29 bits per heavy atom. The van der Waals surface area contributed by atoms with Gasteiger partial charge in [0, 0.05) is 12.2 Å². The highest BCUT2D eigenvalue weighted by Gasteiger charge is 2.22. The molecule has 1 amide bonds. The summed E-state index contributed by atoms with van der Waals surface area (Å²) < 4.78 is 0. The van der Waals surface area contributed by atoms with Gasteiger partial charge < -0.3 is 10.4 Å². The maximum atomic E-state index is 11.5. The fraction of sp³-hybridized carbons (Fsp3) is 0.833. The van der Waals surface area contributed by atoms with Gasteiger partial charge in [-0.15, -0.1) is 0 Å². The molecular formula is C12H23NO3S. The normalized spacial score (nSPS) is 12.5. The minimum Gasteiger partial charge on any atom is -0.480 e. The standard InChI is InChI=1S/C12H23NO3S/c1-4-5-7-17-8-6-10(14)13-11(9(2)3)12(15)16/h9,11H,4-8H2,1-3H3,(H,13,14)(H,15,16)/t11-/m1/s1. The summed E-state index contributed by atoms with van der Waals surface area (Å²) in [5.41, 5.74) is 0. The first-order chi connectivity index (χ1) is 7.99. The average molecular weight is 261 g/mol. The Morgan fingerprint density at radius 3 is 2.41 bits per heavy atom. The molecule has 0 saturated heterocycles. The first-order valence-corrected chi connectivity index (χ1v) is 7.24. The lowest BCUT2D eigenvalue weighted by molar-refractivity contribution is -0.143. The summed E-state index contributed by atoms with van der Waals surface area (Å²) in [6.45, 7) is 5.71. The molecule has 17 heavy (non-hydrogen) atoms. The third kappa shape index (κ3) is 8.07. The summed E-state index contributed by atoms with van der Waals surface area (Å²) in [5, 5.41) is 11.5. The maximum absolute atomic E-state index is 11.5. The number of carbonyl (C=O) groups is 2. The van der Waals surface area contributed by atoms with Crippen molar-refractivity contribution in [2.45, 2.75) is 46.1 Å². The molecule has 0 aromatic heterocycles. The molecule has 0 aliphatic rings. The zero-order chi connectivity index (χ0) is 13.3. The van der Waals surface area contributed by atoms with Gasteiger partial charge in [-0.05, 0) is 18.1 Å². The molecule has 0 radical (unpaired) electrons. The quantitative estimate of drug-likeness (QED) is 0.624. The van der Waals surface area contributed by atoms with Gasteiger partial charge in [-0.2, -0.15) is 11.8 Å². The van der Waals surface area contributed by atoms with Crippen molar-refractivity contribution in [1.29, 1.82) is 0 Å². The molecule has 0 aromatic carbocycles. The number of carboxylic acids is 1. The van der Waals surface area contributed by atoms with Crippen LogP contribution in [0.2, 0.25) is 0 Å². The number of hydrogen-bond donors (Lipinski definition) is 2. The van der Waals surface area contributed by atoms with Crippen LogP contribution in [0, 0.1) is 5.92 Å². The molecule has 0 aliphatic heterocycles. The van der Waals surface area contributed by atoms with Gasteiger partial charge in [-0.3, -0.25) is 4.79 Å². The summed E-state index contributed by atoms with van der Waals surface area (Å²) in [5.74, 6) is 0.596. The van der Waals surface area contributed by atoms with Gasteiger partial charge in [0.25, 0.3) is 0 Å². The summed E-state index contributed by atoms with van der Waals surface area (Å²) in [6, 6.07) is -0.775. The van der Waals surface area contributed by atoms with Crippen LogP contribution in [-0.4, -0.2) is 34.5 Å². The van der Waals surface area contributed by atoms with E-state index in [1.807, 2.05) is 0 Å². The van der Waals surface area contributed by atoms with Crippen LogP contribution in [0.25, 0.3) is 0 Å².